The molecule has 5 nitrogen and oxygen atoms in total. The van der Waals surface area contributed by atoms with Crippen molar-refractivity contribution in [1.82, 2.24) is 9.97 Å². The van der Waals surface area contributed by atoms with E-state index in [1.165, 1.54) is 17.6 Å². The van der Waals surface area contributed by atoms with Gasteiger partial charge >= 0.3 is 6.18 Å². The summed E-state index contributed by atoms with van der Waals surface area (Å²) in [6, 6.07) is 3.40. The fourth-order valence-electron chi connectivity index (χ4n) is 1.94. The first-order valence-corrected chi connectivity index (χ1v) is 7.01. The Morgan fingerprint density at radius 1 is 1.41 bits per heavy atom. The summed E-state index contributed by atoms with van der Waals surface area (Å²) >= 11 is 1.21. The molecule has 0 aromatic carbocycles. The van der Waals surface area contributed by atoms with Gasteiger partial charge in [0.2, 0.25) is 0 Å². The highest BCUT2D eigenvalue weighted by Crippen LogP contribution is 2.30. The number of nitrogens with zero attached hydrogens (tertiary/aromatic N) is 1. The van der Waals surface area contributed by atoms with E-state index in [-0.39, 0.29) is 5.82 Å². The largest absolute Gasteiger partial charge is 0.464 e. The molecule has 0 unspecified atom stereocenters. The van der Waals surface area contributed by atoms with Gasteiger partial charge in [-0.2, -0.15) is 13.2 Å². The molecule has 0 spiro atoms. The summed E-state index contributed by atoms with van der Waals surface area (Å²) in [4.78, 5) is 19.1. The predicted octanol–water partition coefficient (Wildman–Crippen LogP) is 3.32. The van der Waals surface area contributed by atoms with Gasteiger partial charge in [0.15, 0.2) is 0 Å². The number of rotatable bonds is 4. The molecule has 3 rings (SSSR count). The van der Waals surface area contributed by atoms with Crippen LogP contribution in [0.15, 0.2) is 33.0 Å². The molecule has 3 heterocycles. The Labute approximate surface area is 125 Å². The molecule has 0 amide bonds. The number of thiophene rings is 1. The van der Waals surface area contributed by atoms with Crippen LogP contribution in [0.25, 0.3) is 21.5 Å². The molecular formula is C13H9F3N2O3S. The van der Waals surface area contributed by atoms with Gasteiger partial charge in [0.1, 0.15) is 29.6 Å². The lowest BCUT2D eigenvalue weighted by molar-refractivity contribution is -0.177. The van der Waals surface area contributed by atoms with Crippen molar-refractivity contribution in [3.8, 4) is 11.3 Å². The smallest absolute Gasteiger partial charge is 0.411 e. The first-order valence-electron chi connectivity index (χ1n) is 6.13. The molecule has 1 N–H and O–H groups in total. The minimum absolute atomic E-state index is 0.0506. The predicted molar refractivity (Wildman–Crippen MR) is 73.7 cm³/mol. The maximum atomic E-state index is 12.1. The number of halogens is 3. The van der Waals surface area contributed by atoms with Crippen molar-refractivity contribution in [3.63, 3.8) is 0 Å². The summed E-state index contributed by atoms with van der Waals surface area (Å²) in [6.45, 7) is -1.81. The Kier molecular flexibility index (Phi) is 3.75. The summed E-state index contributed by atoms with van der Waals surface area (Å²) in [7, 11) is 0. The van der Waals surface area contributed by atoms with E-state index in [4.69, 9.17) is 4.42 Å². The first kappa shape index (κ1) is 14.8. The summed E-state index contributed by atoms with van der Waals surface area (Å²) < 4.78 is 45.8. The second kappa shape index (κ2) is 5.58. The van der Waals surface area contributed by atoms with Crippen LogP contribution in [0.4, 0.5) is 13.2 Å². The molecule has 0 aliphatic carbocycles. The number of aromatic amines is 1. The Morgan fingerprint density at radius 2 is 2.23 bits per heavy atom. The zero-order chi connectivity index (χ0) is 15.7. The lowest BCUT2D eigenvalue weighted by Crippen LogP contribution is -2.18. The van der Waals surface area contributed by atoms with Gasteiger partial charge in [0, 0.05) is 10.9 Å². The highest BCUT2D eigenvalue weighted by atomic mass is 32.1. The molecule has 9 heteroatoms. The van der Waals surface area contributed by atoms with Gasteiger partial charge in [-0.05, 0) is 12.1 Å². The minimum Gasteiger partial charge on any atom is -0.464 e. The van der Waals surface area contributed by atoms with Crippen molar-refractivity contribution >= 4 is 21.6 Å². The van der Waals surface area contributed by atoms with Crippen LogP contribution in [0.3, 0.4) is 0 Å². The zero-order valence-corrected chi connectivity index (χ0v) is 11.8. The molecule has 0 fully saturated rings. The number of hydrogen-bond donors (Lipinski definition) is 1. The topological polar surface area (TPSA) is 68.1 Å². The summed E-state index contributed by atoms with van der Waals surface area (Å²) in [5, 5.41) is 2.06. The molecule has 0 aliphatic rings. The van der Waals surface area contributed by atoms with Crippen LogP contribution in [0, 0.1) is 0 Å². The molecule has 0 atom stereocenters. The molecule has 3 aromatic rings. The highest BCUT2D eigenvalue weighted by molar-refractivity contribution is 7.17. The number of aromatic nitrogens is 2. The van der Waals surface area contributed by atoms with Gasteiger partial charge in [-0.15, -0.1) is 11.3 Å². The van der Waals surface area contributed by atoms with Crippen LogP contribution in [0.5, 0.6) is 0 Å². The van der Waals surface area contributed by atoms with Crippen molar-refractivity contribution in [3.05, 3.63) is 40.0 Å². The van der Waals surface area contributed by atoms with Gasteiger partial charge in [-0.25, -0.2) is 4.98 Å². The Bertz CT molecular complexity index is 836. The number of alkyl halides is 3. The molecule has 0 radical (unpaired) electrons. The zero-order valence-electron chi connectivity index (χ0n) is 10.9. The van der Waals surface area contributed by atoms with Crippen LogP contribution in [-0.2, 0) is 11.3 Å². The Balaban J connectivity index is 1.89. The van der Waals surface area contributed by atoms with Gasteiger partial charge in [0.25, 0.3) is 5.56 Å². The summed E-state index contributed by atoms with van der Waals surface area (Å²) in [5.74, 6) is 0.578. The van der Waals surface area contributed by atoms with Crippen molar-refractivity contribution in [2.75, 3.05) is 6.61 Å². The van der Waals surface area contributed by atoms with E-state index in [0.29, 0.717) is 21.5 Å². The fraction of sp³-hybridized carbons (Fsp3) is 0.231. The SMILES string of the molecule is O=c1[nH]c(COCC(F)(F)F)nc2scc(-c3ccco3)c12. The van der Waals surface area contributed by atoms with Crippen molar-refractivity contribution in [1.29, 1.82) is 0 Å². The van der Waals surface area contributed by atoms with Gasteiger partial charge < -0.3 is 14.1 Å². The molecule has 22 heavy (non-hydrogen) atoms. The average molecular weight is 330 g/mol. The second-order valence-electron chi connectivity index (χ2n) is 4.43. The van der Waals surface area contributed by atoms with Crippen molar-refractivity contribution < 1.29 is 22.3 Å². The first-order chi connectivity index (χ1) is 10.4. The Morgan fingerprint density at radius 3 is 2.91 bits per heavy atom. The monoisotopic (exact) mass is 330 g/mol. The molecule has 0 bridgehead atoms. The molecule has 0 saturated heterocycles. The number of H-pyrrole nitrogens is 1. The maximum Gasteiger partial charge on any atom is 0.411 e. The molecular weight excluding hydrogens is 321 g/mol. The van der Waals surface area contributed by atoms with Crippen LogP contribution >= 0.6 is 11.3 Å². The van der Waals surface area contributed by atoms with Crippen LogP contribution in [0.1, 0.15) is 5.82 Å². The van der Waals surface area contributed by atoms with Crippen molar-refractivity contribution in [2.24, 2.45) is 0 Å². The van der Waals surface area contributed by atoms with Crippen LogP contribution < -0.4 is 5.56 Å². The average Bonchev–Trinajstić information content (AvgIpc) is 3.04. The maximum absolute atomic E-state index is 12.1. The van der Waals surface area contributed by atoms with Gasteiger partial charge in [-0.1, -0.05) is 0 Å². The third-order valence-electron chi connectivity index (χ3n) is 2.78. The number of nitrogens with one attached hydrogen (secondary N) is 1. The third kappa shape index (κ3) is 3.04. The number of ether oxygens (including phenoxy) is 1. The minimum atomic E-state index is -4.42. The van der Waals surface area contributed by atoms with E-state index in [9.17, 15) is 18.0 Å². The summed E-state index contributed by atoms with van der Waals surface area (Å²) in [6.07, 6.45) is -2.93. The number of hydrogen-bond acceptors (Lipinski definition) is 5. The lowest BCUT2D eigenvalue weighted by Gasteiger charge is -2.06. The van der Waals surface area contributed by atoms with E-state index < -0.39 is 24.9 Å². The summed E-state index contributed by atoms with van der Waals surface area (Å²) in [5.41, 5.74) is 0.157. The van der Waals surface area contributed by atoms with Crippen LogP contribution in [-0.4, -0.2) is 22.8 Å². The van der Waals surface area contributed by atoms with E-state index >= 15 is 0 Å². The van der Waals surface area contributed by atoms with Gasteiger partial charge in [0.05, 0.1) is 11.6 Å². The Hall–Kier alpha value is -2.13. The van der Waals surface area contributed by atoms with E-state index in [2.05, 4.69) is 14.7 Å². The molecule has 3 aromatic heterocycles. The third-order valence-corrected chi connectivity index (χ3v) is 3.66. The lowest BCUT2D eigenvalue weighted by atomic mass is 10.2. The normalized spacial score (nSPS) is 12.1. The van der Waals surface area contributed by atoms with E-state index in [0.717, 1.165) is 0 Å². The van der Waals surface area contributed by atoms with Gasteiger partial charge in [-0.3, -0.25) is 4.79 Å². The van der Waals surface area contributed by atoms with E-state index in [1.54, 1.807) is 17.5 Å². The standard InChI is InChI=1S/C13H9F3N2O3S/c14-13(15,16)6-20-4-9-17-11(19)10-7(5-22-12(10)18-9)8-2-1-3-21-8/h1-3,5H,4,6H2,(H,17,18,19). The molecule has 0 saturated carbocycles. The fourth-order valence-corrected chi connectivity index (χ4v) is 2.89. The molecule has 116 valence electrons. The van der Waals surface area contributed by atoms with Crippen LogP contribution in [0.2, 0.25) is 0 Å². The second-order valence-corrected chi connectivity index (χ2v) is 5.29. The number of fused-ring (bicyclic) bond motifs is 1. The number of furan rings is 1. The van der Waals surface area contributed by atoms with E-state index in [1.807, 2.05) is 0 Å². The highest BCUT2D eigenvalue weighted by Gasteiger charge is 2.27. The quantitative estimate of drug-likeness (QED) is 0.797. The molecule has 0 aliphatic heterocycles. The van der Waals surface area contributed by atoms with Crippen molar-refractivity contribution in [2.45, 2.75) is 12.8 Å².